The molecule has 1 amide bonds. The summed E-state index contributed by atoms with van der Waals surface area (Å²) in [6.07, 6.45) is 5.02. The first kappa shape index (κ1) is 11.5. The second-order valence-corrected chi connectivity index (χ2v) is 5.85. The zero-order chi connectivity index (χ0) is 11.8. The van der Waals surface area contributed by atoms with Gasteiger partial charge in [-0.1, -0.05) is 0 Å². The molecule has 0 aromatic heterocycles. The van der Waals surface area contributed by atoms with Gasteiger partial charge >= 0.3 is 0 Å². The van der Waals surface area contributed by atoms with Crippen molar-refractivity contribution in [1.82, 2.24) is 10.2 Å². The highest BCUT2D eigenvalue weighted by Gasteiger charge is 2.42. The van der Waals surface area contributed by atoms with Crippen LogP contribution in [0.2, 0.25) is 0 Å². The third-order valence-electron chi connectivity index (χ3n) is 4.52. The van der Waals surface area contributed by atoms with E-state index in [1.54, 1.807) is 0 Å². The highest BCUT2D eigenvalue weighted by molar-refractivity contribution is 5.76. The first-order chi connectivity index (χ1) is 8.24. The van der Waals surface area contributed by atoms with Crippen LogP contribution in [0, 0.1) is 11.8 Å². The van der Waals surface area contributed by atoms with Crippen LogP contribution in [-0.4, -0.2) is 47.7 Å². The van der Waals surface area contributed by atoms with Gasteiger partial charge < -0.3 is 15.3 Å². The number of amides is 1. The lowest BCUT2D eigenvalue weighted by Crippen LogP contribution is -2.33. The molecule has 0 bridgehead atoms. The summed E-state index contributed by atoms with van der Waals surface area (Å²) in [5, 5.41) is 13.2. The predicted molar refractivity (Wildman–Crippen MR) is 64.4 cm³/mol. The van der Waals surface area contributed by atoms with Crippen LogP contribution in [0.1, 0.15) is 32.1 Å². The zero-order valence-corrected chi connectivity index (χ0v) is 10.3. The standard InChI is InChI=1S/C13H22N2O2/c16-12-4-1-9-7-15(8-11(9)12)13(17)5-6-14-10-2-3-10/h9-12,14,16H,1-8H2. The average molecular weight is 238 g/mol. The minimum absolute atomic E-state index is 0.164. The molecule has 2 saturated carbocycles. The molecule has 96 valence electrons. The van der Waals surface area contributed by atoms with E-state index in [-0.39, 0.29) is 12.0 Å². The van der Waals surface area contributed by atoms with E-state index < -0.39 is 0 Å². The van der Waals surface area contributed by atoms with Crippen LogP contribution in [-0.2, 0) is 4.79 Å². The van der Waals surface area contributed by atoms with Gasteiger partial charge in [-0.15, -0.1) is 0 Å². The number of carbonyl (C=O) groups is 1. The van der Waals surface area contributed by atoms with Gasteiger partial charge in [0.25, 0.3) is 0 Å². The molecule has 2 N–H and O–H groups in total. The molecule has 1 heterocycles. The van der Waals surface area contributed by atoms with Gasteiger partial charge in [0, 0.05) is 38.0 Å². The van der Waals surface area contributed by atoms with Crippen LogP contribution < -0.4 is 5.32 Å². The Hall–Kier alpha value is -0.610. The third-order valence-corrected chi connectivity index (χ3v) is 4.52. The van der Waals surface area contributed by atoms with Crippen LogP contribution >= 0.6 is 0 Å². The molecule has 3 aliphatic rings. The monoisotopic (exact) mass is 238 g/mol. The van der Waals surface area contributed by atoms with E-state index >= 15 is 0 Å². The summed E-state index contributed by atoms with van der Waals surface area (Å²) in [6.45, 7) is 2.48. The smallest absolute Gasteiger partial charge is 0.223 e. The Balaban J connectivity index is 1.43. The predicted octanol–water partition coefficient (Wildman–Crippen LogP) is 0.358. The van der Waals surface area contributed by atoms with Crippen molar-refractivity contribution < 1.29 is 9.90 Å². The summed E-state index contributed by atoms with van der Waals surface area (Å²) in [5.74, 6) is 1.18. The maximum absolute atomic E-state index is 12.0. The molecule has 17 heavy (non-hydrogen) atoms. The molecule has 3 fully saturated rings. The Bertz CT molecular complexity index is 304. The zero-order valence-electron chi connectivity index (χ0n) is 10.3. The van der Waals surface area contributed by atoms with Crippen LogP contribution in [0.15, 0.2) is 0 Å². The molecule has 0 spiro atoms. The highest BCUT2D eigenvalue weighted by atomic mass is 16.3. The summed E-state index contributed by atoms with van der Waals surface area (Å²) < 4.78 is 0. The quantitative estimate of drug-likeness (QED) is 0.743. The second kappa shape index (κ2) is 4.58. The van der Waals surface area contributed by atoms with Gasteiger partial charge in [0.2, 0.25) is 5.91 Å². The van der Waals surface area contributed by atoms with Crippen molar-refractivity contribution in [3.63, 3.8) is 0 Å². The summed E-state index contributed by atoms with van der Waals surface area (Å²) in [4.78, 5) is 14.0. The molecular formula is C13H22N2O2. The Morgan fingerprint density at radius 3 is 2.76 bits per heavy atom. The molecule has 0 aromatic carbocycles. The molecule has 3 atom stereocenters. The molecule has 4 heteroatoms. The van der Waals surface area contributed by atoms with Gasteiger partial charge in [0.15, 0.2) is 0 Å². The van der Waals surface area contributed by atoms with Gasteiger partial charge in [0.05, 0.1) is 6.10 Å². The summed E-state index contributed by atoms with van der Waals surface area (Å²) >= 11 is 0. The molecule has 3 unspecified atom stereocenters. The largest absolute Gasteiger partial charge is 0.393 e. The first-order valence-corrected chi connectivity index (χ1v) is 6.93. The molecule has 3 rings (SSSR count). The maximum atomic E-state index is 12.0. The molecule has 1 saturated heterocycles. The van der Waals surface area contributed by atoms with Gasteiger partial charge in [-0.2, -0.15) is 0 Å². The van der Waals surface area contributed by atoms with E-state index in [0.29, 0.717) is 24.3 Å². The molecule has 4 nitrogen and oxygen atoms in total. The van der Waals surface area contributed by atoms with Gasteiger partial charge in [-0.25, -0.2) is 0 Å². The Morgan fingerprint density at radius 2 is 2.06 bits per heavy atom. The minimum atomic E-state index is -0.164. The van der Waals surface area contributed by atoms with Gasteiger partial charge in [-0.3, -0.25) is 4.79 Å². The van der Waals surface area contributed by atoms with Crippen LogP contribution in [0.25, 0.3) is 0 Å². The van der Waals surface area contributed by atoms with Crippen molar-refractivity contribution in [2.24, 2.45) is 11.8 Å². The number of likely N-dealkylation sites (tertiary alicyclic amines) is 1. The lowest BCUT2D eigenvalue weighted by atomic mass is 10.00. The van der Waals surface area contributed by atoms with E-state index in [2.05, 4.69) is 5.32 Å². The maximum Gasteiger partial charge on any atom is 0.223 e. The number of hydrogen-bond donors (Lipinski definition) is 2. The van der Waals surface area contributed by atoms with Gasteiger partial charge in [-0.05, 0) is 31.6 Å². The Morgan fingerprint density at radius 1 is 1.24 bits per heavy atom. The number of aliphatic hydroxyl groups excluding tert-OH is 1. The molecule has 1 aliphatic heterocycles. The van der Waals surface area contributed by atoms with E-state index in [1.807, 2.05) is 4.90 Å². The SMILES string of the molecule is O=C(CCNC1CC1)N1CC2CCC(O)C2C1. The number of rotatable bonds is 4. The van der Waals surface area contributed by atoms with Crippen molar-refractivity contribution in [3.8, 4) is 0 Å². The number of aliphatic hydroxyl groups is 1. The molecule has 0 aromatic rings. The Labute approximate surface area is 102 Å². The van der Waals surface area contributed by atoms with E-state index in [9.17, 15) is 9.90 Å². The molecular weight excluding hydrogens is 216 g/mol. The number of nitrogens with one attached hydrogen (secondary N) is 1. The highest BCUT2D eigenvalue weighted by Crippen LogP contribution is 2.38. The van der Waals surface area contributed by atoms with Crippen molar-refractivity contribution in [2.45, 2.75) is 44.2 Å². The third kappa shape index (κ3) is 2.47. The number of hydrogen-bond acceptors (Lipinski definition) is 3. The van der Waals surface area contributed by atoms with E-state index in [0.717, 1.165) is 32.5 Å². The second-order valence-electron chi connectivity index (χ2n) is 5.85. The summed E-state index contributed by atoms with van der Waals surface area (Å²) in [5.41, 5.74) is 0. The van der Waals surface area contributed by atoms with Crippen LogP contribution in [0.4, 0.5) is 0 Å². The summed E-state index contributed by atoms with van der Waals surface area (Å²) in [6, 6.07) is 0.683. The van der Waals surface area contributed by atoms with E-state index in [4.69, 9.17) is 0 Å². The molecule has 0 radical (unpaired) electrons. The molecule has 2 aliphatic carbocycles. The topological polar surface area (TPSA) is 52.6 Å². The lowest BCUT2D eigenvalue weighted by molar-refractivity contribution is -0.130. The van der Waals surface area contributed by atoms with E-state index in [1.165, 1.54) is 12.8 Å². The fraction of sp³-hybridized carbons (Fsp3) is 0.923. The van der Waals surface area contributed by atoms with Crippen molar-refractivity contribution >= 4 is 5.91 Å². The normalized spacial score (nSPS) is 36.3. The van der Waals surface area contributed by atoms with Crippen LogP contribution in [0.3, 0.4) is 0 Å². The van der Waals surface area contributed by atoms with Crippen molar-refractivity contribution in [1.29, 1.82) is 0 Å². The number of fused-ring (bicyclic) bond motifs is 1. The van der Waals surface area contributed by atoms with Crippen molar-refractivity contribution in [3.05, 3.63) is 0 Å². The van der Waals surface area contributed by atoms with Crippen molar-refractivity contribution in [2.75, 3.05) is 19.6 Å². The lowest BCUT2D eigenvalue weighted by Gasteiger charge is -2.18. The van der Waals surface area contributed by atoms with Crippen LogP contribution in [0.5, 0.6) is 0 Å². The number of nitrogens with zero attached hydrogens (tertiary/aromatic N) is 1. The van der Waals surface area contributed by atoms with Gasteiger partial charge in [0.1, 0.15) is 0 Å². The average Bonchev–Trinajstić information content (AvgIpc) is 2.92. The Kier molecular flexibility index (Phi) is 3.09. The summed E-state index contributed by atoms with van der Waals surface area (Å²) in [7, 11) is 0. The fourth-order valence-electron chi connectivity index (χ4n) is 3.27. The fourth-order valence-corrected chi connectivity index (χ4v) is 3.27. The number of carbonyl (C=O) groups excluding carboxylic acids is 1. The minimum Gasteiger partial charge on any atom is -0.393 e. The first-order valence-electron chi connectivity index (χ1n) is 6.93.